The van der Waals surface area contributed by atoms with Crippen LogP contribution in [-0.4, -0.2) is 21.5 Å². The second kappa shape index (κ2) is 4.51. The molecule has 0 aliphatic rings. The zero-order valence-corrected chi connectivity index (χ0v) is 10.1. The Morgan fingerprint density at radius 1 is 1.31 bits per heavy atom. The van der Waals surface area contributed by atoms with Gasteiger partial charge < -0.3 is 0 Å². The second-order valence-electron chi connectivity index (χ2n) is 4.76. The van der Waals surface area contributed by atoms with Gasteiger partial charge in [0.05, 0.1) is 6.42 Å². The molecule has 0 aromatic carbocycles. The number of hydrogen-bond acceptors (Lipinski definition) is 4. The molecule has 0 spiro atoms. The molecule has 86 valence electrons. The topological polar surface area (TPSA) is 59.9 Å². The van der Waals surface area contributed by atoms with Crippen LogP contribution in [0.1, 0.15) is 43.5 Å². The molecule has 16 heavy (non-hydrogen) atoms. The Hall–Kier alpha value is -1.58. The highest BCUT2D eigenvalue weighted by Crippen LogP contribution is 2.17. The summed E-state index contributed by atoms with van der Waals surface area (Å²) in [6.07, 6.45) is 1.43. The lowest BCUT2D eigenvalue weighted by Gasteiger charge is -2.15. The summed E-state index contributed by atoms with van der Waals surface area (Å²) in [5, 5.41) is 0. The minimum absolute atomic E-state index is 0.0752. The summed E-state index contributed by atoms with van der Waals surface area (Å²) in [6, 6.07) is 1.53. The van der Waals surface area contributed by atoms with Gasteiger partial charge in [0.2, 0.25) is 0 Å². The third-order valence-corrected chi connectivity index (χ3v) is 2.22. The Balaban J connectivity index is 2.78. The van der Waals surface area contributed by atoms with Crippen LogP contribution < -0.4 is 0 Å². The summed E-state index contributed by atoms with van der Waals surface area (Å²) < 4.78 is 0. The van der Waals surface area contributed by atoms with Gasteiger partial charge in [-0.05, 0) is 13.0 Å². The van der Waals surface area contributed by atoms with E-state index >= 15 is 0 Å². The zero-order valence-electron chi connectivity index (χ0n) is 10.1. The van der Waals surface area contributed by atoms with Gasteiger partial charge in [0.15, 0.2) is 5.78 Å². The van der Waals surface area contributed by atoms with E-state index < -0.39 is 5.41 Å². The molecule has 1 rings (SSSR count). The SMILES string of the molecule is Cc1nccc(C(=O)CC(=O)C(C)(C)C)n1. The third-order valence-electron chi connectivity index (χ3n) is 2.22. The first-order chi connectivity index (χ1) is 7.30. The molecule has 1 aromatic heterocycles. The summed E-state index contributed by atoms with van der Waals surface area (Å²) in [6.45, 7) is 7.11. The maximum Gasteiger partial charge on any atom is 0.188 e. The Bertz CT molecular complexity index is 419. The number of aryl methyl sites for hydroxylation is 1. The van der Waals surface area contributed by atoms with E-state index in [0.29, 0.717) is 11.5 Å². The van der Waals surface area contributed by atoms with E-state index in [2.05, 4.69) is 9.97 Å². The first-order valence-corrected chi connectivity index (χ1v) is 5.17. The van der Waals surface area contributed by atoms with E-state index in [1.807, 2.05) is 0 Å². The monoisotopic (exact) mass is 220 g/mol. The summed E-state index contributed by atoms with van der Waals surface area (Å²) >= 11 is 0. The molecule has 0 aliphatic heterocycles. The van der Waals surface area contributed by atoms with Crippen LogP contribution in [0.3, 0.4) is 0 Å². The third kappa shape index (κ3) is 3.22. The highest BCUT2D eigenvalue weighted by Gasteiger charge is 2.24. The van der Waals surface area contributed by atoms with Crippen molar-refractivity contribution in [1.82, 2.24) is 9.97 Å². The van der Waals surface area contributed by atoms with Crippen molar-refractivity contribution in [3.8, 4) is 0 Å². The van der Waals surface area contributed by atoms with Crippen LogP contribution in [-0.2, 0) is 4.79 Å². The number of carbonyl (C=O) groups is 2. The molecule has 0 saturated carbocycles. The molecule has 4 heteroatoms. The van der Waals surface area contributed by atoms with E-state index in [-0.39, 0.29) is 18.0 Å². The van der Waals surface area contributed by atoms with Gasteiger partial charge in [0, 0.05) is 11.6 Å². The highest BCUT2D eigenvalue weighted by atomic mass is 16.1. The van der Waals surface area contributed by atoms with Crippen LogP contribution in [0.2, 0.25) is 0 Å². The Labute approximate surface area is 95.1 Å². The zero-order chi connectivity index (χ0) is 12.3. The number of rotatable bonds is 3. The van der Waals surface area contributed by atoms with E-state index in [4.69, 9.17) is 0 Å². The van der Waals surface area contributed by atoms with E-state index in [1.54, 1.807) is 27.7 Å². The van der Waals surface area contributed by atoms with Crippen LogP contribution in [0.25, 0.3) is 0 Å². The summed E-state index contributed by atoms with van der Waals surface area (Å²) in [7, 11) is 0. The van der Waals surface area contributed by atoms with Crippen molar-refractivity contribution in [3.63, 3.8) is 0 Å². The number of Topliss-reactive ketones (excluding diaryl/α,β-unsaturated/α-hetero) is 2. The van der Waals surface area contributed by atoms with Crippen molar-refractivity contribution in [1.29, 1.82) is 0 Å². The minimum atomic E-state index is -0.488. The molecule has 0 atom stereocenters. The molecule has 4 nitrogen and oxygen atoms in total. The predicted octanol–water partition coefficient (Wildman–Crippen LogP) is 1.97. The van der Waals surface area contributed by atoms with Crippen molar-refractivity contribution < 1.29 is 9.59 Å². The van der Waals surface area contributed by atoms with Crippen LogP contribution >= 0.6 is 0 Å². The summed E-state index contributed by atoms with van der Waals surface area (Å²) in [5.74, 6) is 0.216. The molecular formula is C12H16N2O2. The van der Waals surface area contributed by atoms with Gasteiger partial charge >= 0.3 is 0 Å². The largest absolute Gasteiger partial charge is 0.299 e. The first kappa shape index (κ1) is 12.5. The van der Waals surface area contributed by atoms with Crippen LogP contribution in [0.15, 0.2) is 12.3 Å². The Morgan fingerprint density at radius 3 is 2.44 bits per heavy atom. The summed E-state index contributed by atoms with van der Waals surface area (Å²) in [4.78, 5) is 31.3. The van der Waals surface area contributed by atoms with Gasteiger partial charge in [0.1, 0.15) is 17.3 Å². The smallest absolute Gasteiger partial charge is 0.188 e. The molecule has 0 aliphatic carbocycles. The molecule has 0 radical (unpaired) electrons. The molecule has 0 amide bonds. The molecule has 0 bridgehead atoms. The number of hydrogen-bond donors (Lipinski definition) is 0. The van der Waals surface area contributed by atoms with Crippen molar-refractivity contribution in [3.05, 3.63) is 23.8 Å². The summed E-state index contributed by atoms with van der Waals surface area (Å²) in [5.41, 5.74) is -0.178. The van der Waals surface area contributed by atoms with E-state index in [1.165, 1.54) is 12.3 Å². The molecule has 0 unspecified atom stereocenters. The number of ketones is 2. The van der Waals surface area contributed by atoms with Gasteiger partial charge in [-0.1, -0.05) is 20.8 Å². The van der Waals surface area contributed by atoms with Gasteiger partial charge in [-0.2, -0.15) is 0 Å². The normalized spacial score (nSPS) is 11.2. The van der Waals surface area contributed by atoms with Crippen LogP contribution in [0.5, 0.6) is 0 Å². The lowest BCUT2D eigenvalue weighted by molar-refractivity contribution is -0.125. The molecule has 0 fully saturated rings. The van der Waals surface area contributed by atoms with Gasteiger partial charge in [0.25, 0.3) is 0 Å². The average Bonchev–Trinajstić information content (AvgIpc) is 2.16. The van der Waals surface area contributed by atoms with E-state index in [9.17, 15) is 9.59 Å². The predicted molar refractivity (Wildman–Crippen MR) is 60.2 cm³/mol. The quantitative estimate of drug-likeness (QED) is 0.577. The molecule has 0 saturated heterocycles. The fourth-order valence-electron chi connectivity index (χ4n) is 1.11. The van der Waals surface area contributed by atoms with Crippen molar-refractivity contribution >= 4 is 11.6 Å². The standard InChI is InChI=1S/C12H16N2O2/c1-8-13-6-5-9(14-8)10(15)7-11(16)12(2,3)4/h5-6H,7H2,1-4H3. The molecule has 1 heterocycles. The number of carbonyl (C=O) groups excluding carboxylic acids is 2. The van der Waals surface area contributed by atoms with Crippen molar-refractivity contribution in [2.24, 2.45) is 5.41 Å². The fourth-order valence-corrected chi connectivity index (χ4v) is 1.11. The molecule has 0 N–H and O–H groups in total. The molecule has 1 aromatic rings. The van der Waals surface area contributed by atoms with Gasteiger partial charge in [-0.25, -0.2) is 9.97 Å². The van der Waals surface area contributed by atoms with Crippen molar-refractivity contribution in [2.75, 3.05) is 0 Å². The van der Waals surface area contributed by atoms with Crippen molar-refractivity contribution in [2.45, 2.75) is 34.1 Å². The lowest BCUT2D eigenvalue weighted by atomic mass is 9.87. The maximum absolute atomic E-state index is 11.7. The van der Waals surface area contributed by atoms with E-state index in [0.717, 1.165) is 0 Å². The highest BCUT2D eigenvalue weighted by molar-refractivity contribution is 6.08. The average molecular weight is 220 g/mol. The van der Waals surface area contributed by atoms with Gasteiger partial charge in [-0.15, -0.1) is 0 Å². The van der Waals surface area contributed by atoms with Crippen LogP contribution in [0, 0.1) is 12.3 Å². The lowest BCUT2D eigenvalue weighted by Crippen LogP contribution is -2.23. The first-order valence-electron chi connectivity index (χ1n) is 5.17. The second-order valence-corrected chi connectivity index (χ2v) is 4.76. The van der Waals surface area contributed by atoms with Gasteiger partial charge in [-0.3, -0.25) is 9.59 Å². The Kier molecular flexibility index (Phi) is 3.52. The molecular weight excluding hydrogens is 204 g/mol. The van der Waals surface area contributed by atoms with Crippen LogP contribution in [0.4, 0.5) is 0 Å². The maximum atomic E-state index is 11.7. The number of aromatic nitrogens is 2. The number of nitrogens with zero attached hydrogens (tertiary/aromatic N) is 2. The Morgan fingerprint density at radius 2 is 1.94 bits per heavy atom. The minimum Gasteiger partial charge on any atom is -0.299 e. The fraction of sp³-hybridized carbons (Fsp3) is 0.500.